The molecule has 0 radical (unpaired) electrons. The molecule has 1 unspecified atom stereocenters. The van der Waals surface area contributed by atoms with E-state index in [1.54, 1.807) is 12.3 Å². The van der Waals surface area contributed by atoms with Gasteiger partial charge in [0.1, 0.15) is 0 Å². The van der Waals surface area contributed by atoms with Crippen LogP contribution in [0.1, 0.15) is 26.2 Å². The van der Waals surface area contributed by atoms with Crippen molar-refractivity contribution in [3.05, 3.63) is 18.3 Å². The SMILES string of the molecule is CCOc1ccc(NC(=O)CCC2CCNC2)cn1. The van der Waals surface area contributed by atoms with E-state index in [4.69, 9.17) is 4.74 Å². The molecule has 0 spiro atoms. The number of hydrogen-bond donors (Lipinski definition) is 2. The van der Waals surface area contributed by atoms with E-state index in [1.165, 1.54) is 6.42 Å². The minimum atomic E-state index is 0.0536. The van der Waals surface area contributed by atoms with Crippen molar-refractivity contribution in [3.63, 3.8) is 0 Å². The minimum absolute atomic E-state index is 0.0536. The Kier molecular flexibility index (Phi) is 5.15. The molecule has 0 aromatic carbocycles. The summed E-state index contributed by atoms with van der Waals surface area (Å²) in [4.78, 5) is 15.9. The molecule has 1 fully saturated rings. The van der Waals surface area contributed by atoms with Crippen LogP contribution in [0.15, 0.2) is 18.3 Å². The molecule has 0 bridgehead atoms. The largest absolute Gasteiger partial charge is 0.478 e. The second-order valence-electron chi connectivity index (χ2n) is 4.76. The first-order chi connectivity index (χ1) is 9.28. The van der Waals surface area contributed by atoms with Gasteiger partial charge in [-0.2, -0.15) is 0 Å². The van der Waals surface area contributed by atoms with Gasteiger partial charge >= 0.3 is 0 Å². The van der Waals surface area contributed by atoms with Crippen molar-refractivity contribution >= 4 is 11.6 Å². The fourth-order valence-corrected chi connectivity index (χ4v) is 2.21. The summed E-state index contributed by atoms with van der Waals surface area (Å²) < 4.78 is 5.25. The molecule has 1 aliphatic heterocycles. The van der Waals surface area contributed by atoms with Crippen LogP contribution in [0.2, 0.25) is 0 Å². The predicted molar refractivity (Wildman–Crippen MR) is 74.2 cm³/mol. The third kappa shape index (κ3) is 4.52. The molecular weight excluding hydrogens is 242 g/mol. The lowest BCUT2D eigenvalue weighted by atomic mass is 10.0. The van der Waals surface area contributed by atoms with Gasteiger partial charge < -0.3 is 15.4 Å². The highest BCUT2D eigenvalue weighted by Crippen LogP contribution is 2.16. The number of hydrogen-bond acceptors (Lipinski definition) is 4. The molecule has 104 valence electrons. The topological polar surface area (TPSA) is 63.2 Å². The van der Waals surface area contributed by atoms with E-state index in [0.29, 0.717) is 24.8 Å². The molecule has 2 N–H and O–H groups in total. The van der Waals surface area contributed by atoms with E-state index < -0.39 is 0 Å². The molecule has 1 aromatic rings. The normalized spacial score (nSPS) is 18.3. The van der Waals surface area contributed by atoms with Gasteiger partial charge in [-0.05, 0) is 44.8 Å². The van der Waals surface area contributed by atoms with Crippen LogP contribution < -0.4 is 15.4 Å². The summed E-state index contributed by atoms with van der Waals surface area (Å²) in [6, 6.07) is 3.58. The lowest BCUT2D eigenvalue weighted by Crippen LogP contribution is -2.15. The van der Waals surface area contributed by atoms with Crippen LogP contribution in [-0.2, 0) is 4.79 Å². The summed E-state index contributed by atoms with van der Waals surface area (Å²) in [5.41, 5.74) is 0.720. The van der Waals surface area contributed by atoms with E-state index in [0.717, 1.165) is 25.2 Å². The molecule has 2 heterocycles. The number of aromatic nitrogens is 1. The molecule has 1 amide bonds. The van der Waals surface area contributed by atoms with E-state index in [1.807, 2.05) is 13.0 Å². The number of amides is 1. The summed E-state index contributed by atoms with van der Waals surface area (Å²) in [5.74, 6) is 1.28. The van der Waals surface area contributed by atoms with Gasteiger partial charge in [0.05, 0.1) is 18.5 Å². The Morgan fingerprint density at radius 3 is 3.11 bits per heavy atom. The zero-order chi connectivity index (χ0) is 13.5. The van der Waals surface area contributed by atoms with Crippen LogP contribution in [0, 0.1) is 5.92 Å². The van der Waals surface area contributed by atoms with Crippen LogP contribution in [0.5, 0.6) is 5.88 Å². The van der Waals surface area contributed by atoms with Crippen molar-refractivity contribution in [3.8, 4) is 5.88 Å². The fourth-order valence-electron chi connectivity index (χ4n) is 2.21. The van der Waals surface area contributed by atoms with Crippen molar-refractivity contribution in [2.75, 3.05) is 25.0 Å². The number of pyridine rings is 1. The van der Waals surface area contributed by atoms with Crippen LogP contribution in [0.4, 0.5) is 5.69 Å². The molecule has 0 saturated carbocycles. The maximum atomic E-state index is 11.8. The maximum Gasteiger partial charge on any atom is 0.224 e. The number of carbonyl (C=O) groups excluding carboxylic acids is 1. The maximum absolute atomic E-state index is 11.8. The van der Waals surface area contributed by atoms with E-state index in [2.05, 4.69) is 15.6 Å². The molecule has 19 heavy (non-hydrogen) atoms. The number of ether oxygens (including phenoxy) is 1. The Labute approximate surface area is 113 Å². The second-order valence-corrected chi connectivity index (χ2v) is 4.76. The minimum Gasteiger partial charge on any atom is -0.478 e. The number of nitrogens with zero attached hydrogens (tertiary/aromatic N) is 1. The summed E-state index contributed by atoms with van der Waals surface area (Å²) in [7, 11) is 0. The summed E-state index contributed by atoms with van der Waals surface area (Å²) >= 11 is 0. The third-order valence-corrected chi connectivity index (χ3v) is 3.25. The Bertz CT molecular complexity index is 400. The van der Waals surface area contributed by atoms with E-state index in [9.17, 15) is 4.79 Å². The third-order valence-electron chi connectivity index (χ3n) is 3.25. The number of nitrogens with one attached hydrogen (secondary N) is 2. The Morgan fingerprint density at radius 2 is 2.47 bits per heavy atom. The molecule has 2 rings (SSSR count). The Hall–Kier alpha value is -1.62. The molecular formula is C14H21N3O2. The first kappa shape index (κ1) is 13.8. The van der Waals surface area contributed by atoms with Gasteiger partial charge in [-0.1, -0.05) is 0 Å². The van der Waals surface area contributed by atoms with Gasteiger partial charge in [0.2, 0.25) is 11.8 Å². The fraction of sp³-hybridized carbons (Fsp3) is 0.571. The van der Waals surface area contributed by atoms with Gasteiger partial charge in [-0.25, -0.2) is 4.98 Å². The van der Waals surface area contributed by atoms with Gasteiger partial charge in [0.25, 0.3) is 0 Å². The predicted octanol–water partition coefficient (Wildman–Crippen LogP) is 1.81. The average Bonchev–Trinajstić information content (AvgIpc) is 2.92. The highest BCUT2D eigenvalue weighted by atomic mass is 16.5. The van der Waals surface area contributed by atoms with Crippen molar-refractivity contribution < 1.29 is 9.53 Å². The highest BCUT2D eigenvalue weighted by Gasteiger charge is 2.15. The molecule has 5 nitrogen and oxygen atoms in total. The first-order valence-corrected chi connectivity index (χ1v) is 6.87. The number of rotatable bonds is 6. The van der Waals surface area contributed by atoms with Crippen LogP contribution in [0.3, 0.4) is 0 Å². The number of carbonyl (C=O) groups is 1. The summed E-state index contributed by atoms with van der Waals surface area (Å²) in [5, 5.41) is 6.17. The molecule has 0 aliphatic carbocycles. The van der Waals surface area contributed by atoms with Crippen molar-refractivity contribution in [2.24, 2.45) is 5.92 Å². The Balaban J connectivity index is 1.74. The lowest BCUT2D eigenvalue weighted by Gasteiger charge is -2.09. The summed E-state index contributed by atoms with van der Waals surface area (Å²) in [6.45, 7) is 4.62. The second kappa shape index (κ2) is 7.09. The zero-order valence-electron chi connectivity index (χ0n) is 11.3. The molecule has 1 aliphatic rings. The summed E-state index contributed by atoms with van der Waals surface area (Å²) in [6.07, 6.45) is 4.32. The van der Waals surface area contributed by atoms with Gasteiger partial charge in [0.15, 0.2) is 0 Å². The first-order valence-electron chi connectivity index (χ1n) is 6.87. The highest BCUT2D eigenvalue weighted by molar-refractivity contribution is 5.90. The Morgan fingerprint density at radius 1 is 1.58 bits per heavy atom. The van der Waals surface area contributed by atoms with E-state index in [-0.39, 0.29) is 5.91 Å². The van der Waals surface area contributed by atoms with Gasteiger partial charge in [-0.3, -0.25) is 4.79 Å². The van der Waals surface area contributed by atoms with Crippen LogP contribution in [-0.4, -0.2) is 30.6 Å². The van der Waals surface area contributed by atoms with Crippen molar-refractivity contribution in [1.29, 1.82) is 0 Å². The van der Waals surface area contributed by atoms with Gasteiger partial charge in [-0.15, -0.1) is 0 Å². The van der Waals surface area contributed by atoms with E-state index >= 15 is 0 Å². The van der Waals surface area contributed by atoms with Crippen molar-refractivity contribution in [1.82, 2.24) is 10.3 Å². The van der Waals surface area contributed by atoms with Crippen molar-refractivity contribution in [2.45, 2.75) is 26.2 Å². The molecule has 1 saturated heterocycles. The molecule has 5 heteroatoms. The lowest BCUT2D eigenvalue weighted by molar-refractivity contribution is -0.116. The average molecular weight is 263 g/mol. The van der Waals surface area contributed by atoms with Crippen LogP contribution >= 0.6 is 0 Å². The smallest absolute Gasteiger partial charge is 0.224 e. The molecule has 1 atom stereocenters. The quantitative estimate of drug-likeness (QED) is 0.821. The van der Waals surface area contributed by atoms with Crippen LogP contribution in [0.25, 0.3) is 0 Å². The monoisotopic (exact) mass is 263 g/mol. The molecule has 1 aromatic heterocycles. The van der Waals surface area contributed by atoms with Gasteiger partial charge in [0, 0.05) is 12.5 Å². The standard InChI is InChI=1S/C14H21N3O2/c1-2-19-14-6-4-12(10-16-14)17-13(18)5-3-11-7-8-15-9-11/h4,6,10-11,15H,2-3,5,7-9H2,1H3,(H,17,18). The zero-order valence-corrected chi connectivity index (χ0v) is 11.3. The number of anilines is 1.